The fraction of sp³-hybridized carbons (Fsp3) is 0.579. The third kappa shape index (κ3) is 7.37. The van der Waals surface area contributed by atoms with Crippen LogP contribution in [-0.4, -0.2) is 56.2 Å². The number of carbonyl (C=O) groups excluding carboxylic acids is 1. The number of guanidine groups is 1. The molecule has 0 bridgehead atoms. The second-order valence-corrected chi connectivity index (χ2v) is 6.75. The molecule has 6 nitrogen and oxygen atoms in total. The van der Waals surface area contributed by atoms with Crippen LogP contribution in [0.1, 0.15) is 26.7 Å². The lowest BCUT2D eigenvalue weighted by molar-refractivity contribution is -0.146. The Bertz CT molecular complexity index is 622. The van der Waals surface area contributed by atoms with Crippen molar-refractivity contribution >= 4 is 47.5 Å². The van der Waals surface area contributed by atoms with E-state index in [1.807, 2.05) is 38.1 Å². The van der Waals surface area contributed by atoms with Crippen molar-refractivity contribution in [2.24, 2.45) is 10.9 Å². The largest absolute Gasteiger partial charge is 0.487 e. The van der Waals surface area contributed by atoms with Gasteiger partial charge in [-0.05, 0) is 38.8 Å². The number of ether oxygens (including phenoxy) is 2. The summed E-state index contributed by atoms with van der Waals surface area (Å²) in [4.78, 5) is 18.6. The summed E-state index contributed by atoms with van der Waals surface area (Å²) in [5, 5.41) is 3.92. The first-order chi connectivity index (χ1) is 12.5. The summed E-state index contributed by atoms with van der Waals surface area (Å²) in [6.45, 7) is 6.89. The van der Waals surface area contributed by atoms with Gasteiger partial charge in [0.25, 0.3) is 0 Å². The van der Waals surface area contributed by atoms with Crippen molar-refractivity contribution in [1.82, 2.24) is 10.2 Å². The van der Waals surface area contributed by atoms with Crippen LogP contribution in [0.2, 0.25) is 5.02 Å². The quantitative estimate of drug-likeness (QED) is 0.275. The maximum atomic E-state index is 11.7. The molecular formula is C19H29ClIN3O3. The maximum absolute atomic E-state index is 11.7. The second kappa shape index (κ2) is 12.3. The lowest BCUT2D eigenvalue weighted by Gasteiger charge is -2.33. The van der Waals surface area contributed by atoms with E-state index in [1.54, 1.807) is 0 Å². The summed E-state index contributed by atoms with van der Waals surface area (Å²) < 4.78 is 10.7. The first-order valence-electron chi connectivity index (χ1n) is 9.07. The highest BCUT2D eigenvalue weighted by molar-refractivity contribution is 14.0. The van der Waals surface area contributed by atoms with Gasteiger partial charge in [0.2, 0.25) is 0 Å². The molecule has 27 heavy (non-hydrogen) atoms. The molecule has 1 aliphatic heterocycles. The highest BCUT2D eigenvalue weighted by Gasteiger charge is 2.27. The number of piperidine rings is 1. The van der Waals surface area contributed by atoms with E-state index in [1.165, 1.54) is 7.11 Å². The Morgan fingerprint density at radius 1 is 1.37 bits per heavy atom. The SMILES string of the molecule is CCNC(=NCC(C)Oc1ccccc1Cl)N1CCC(C(=O)OC)CC1.I. The molecule has 0 amide bonds. The predicted octanol–water partition coefficient (Wildman–Crippen LogP) is 3.58. The van der Waals surface area contributed by atoms with E-state index in [4.69, 9.17) is 26.1 Å². The number of rotatable bonds is 6. The molecule has 1 aromatic carbocycles. The standard InChI is InChI=1S/C19H28ClN3O3.HI/c1-4-21-19(23-11-9-15(10-12-23)18(24)25-3)22-13-14(2)26-17-8-6-5-7-16(17)20;/h5-8,14-15H,4,9-13H2,1-3H3,(H,21,22);1H. The van der Waals surface area contributed by atoms with Crippen molar-refractivity contribution in [2.75, 3.05) is 33.3 Å². The van der Waals surface area contributed by atoms with E-state index in [9.17, 15) is 4.79 Å². The number of methoxy groups -OCH3 is 1. The number of hydrogen-bond donors (Lipinski definition) is 1. The Hall–Kier alpha value is -1.22. The third-order valence-electron chi connectivity index (χ3n) is 4.33. The lowest BCUT2D eigenvalue weighted by Crippen LogP contribution is -2.47. The topological polar surface area (TPSA) is 63.2 Å². The normalized spacial score (nSPS) is 16.3. The molecule has 1 atom stereocenters. The molecule has 1 N–H and O–H groups in total. The zero-order valence-corrected chi connectivity index (χ0v) is 19.2. The molecular weight excluding hydrogens is 481 g/mol. The van der Waals surface area contributed by atoms with Gasteiger partial charge in [0, 0.05) is 19.6 Å². The fourth-order valence-electron chi connectivity index (χ4n) is 2.93. The number of nitrogens with zero attached hydrogens (tertiary/aromatic N) is 2. The van der Waals surface area contributed by atoms with Gasteiger partial charge in [-0.15, -0.1) is 24.0 Å². The van der Waals surface area contributed by atoms with E-state index in [-0.39, 0.29) is 42.0 Å². The maximum Gasteiger partial charge on any atom is 0.308 e. The molecule has 0 aromatic heterocycles. The van der Waals surface area contributed by atoms with Gasteiger partial charge in [0.1, 0.15) is 11.9 Å². The van der Waals surface area contributed by atoms with Crippen molar-refractivity contribution < 1.29 is 14.3 Å². The number of aliphatic imine (C=N–C) groups is 1. The first kappa shape index (κ1) is 23.8. The minimum absolute atomic E-state index is 0. The Morgan fingerprint density at radius 3 is 2.63 bits per heavy atom. The molecule has 0 radical (unpaired) electrons. The minimum Gasteiger partial charge on any atom is -0.487 e. The Kier molecular flexibility index (Phi) is 10.8. The van der Waals surface area contributed by atoms with Crippen LogP contribution in [0.15, 0.2) is 29.3 Å². The van der Waals surface area contributed by atoms with E-state index in [0.29, 0.717) is 17.3 Å². The molecule has 152 valence electrons. The van der Waals surface area contributed by atoms with Crippen molar-refractivity contribution in [3.05, 3.63) is 29.3 Å². The van der Waals surface area contributed by atoms with Gasteiger partial charge in [-0.25, -0.2) is 4.99 Å². The number of likely N-dealkylation sites (tertiary alicyclic amines) is 1. The number of esters is 1. The van der Waals surface area contributed by atoms with E-state index in [0.717, 1.165) is 38.4 Å². The molecule has 0 aliphatic carbocycles. The Balaban J connectivity index is 0.00000364. The lowest BCUT2D eigenvalue weighted by atomic mass is 9.97. The summed E-state index contributed by atoms with van der Waals surface area (Å²) in [7, 11) is 1.45. The van der Waals surface area contributed by atoms with Gasteiger partial charge in [0.15, 0.2) is 5.96 Å². The second-order valence-electron chi connectivity index (χ2n) is 6.34. The van der Waals surface area contributed by atoms with Crippen LogP contribution >= 0.6 is 35.6 Å². The monoisotopic (exact) mass is 509 g/mol. The summed E-state index contributed by atoms with van der Waals surface area (Å²) in [5.74, 6) is 1.39. The zero-order valence-electron chi connectivity index (χ0n) is 16.1. The van der Waals surface area contributed by atoms with Crippen LogP contribution in [0.4, 0.5) is 0 Å². The van der Waals surface area contributed by atoms with Crippen LogP contribution in [0, 0.1) is 5.92 Å². The predicted molar refractivity (Wildman–Crippen MR) is 119 cm³/mol. The average Bonchev–Trinajstić information content (AvgIpc) is 2.66. The molecule has 1 aromatic rings. The van der Waals surface area contributed by atoms with Gasteiger partial charge >= 0.3 is 5.97 Å². The first-order valence-corrected chi connectivity index (χ1v) is 9.45. The van der Waals surface area contributed by atoms with Crippen LogP contribution in [-0.2, 0) is 9.53 Å². The fourth-order valence-corrected chi connectivity index (χ4v) is 3.11. The van der Waals surface area contributed by atoms with Crippen LogP contribution in [0.3, 0.4) is 0 Å². The highest BCUT2D eigenvalue weighted by Crippen LogP contribution is 2.24. The highest BCUT2D eigenvalue weighted by atomic mass is 127. The molecule has 1 fully saturated rings. The Labute approximate surface area is 183 Å². The zero-order chi connectivity index (χ0) is 18.9. The molecule has 2 rings (SSSR count). The van der Waals surface area contributed by atoms with Gasteiger partial charge in [-0.3, -0.25) is 4.79 Å². The molecule has 1 aliphatic rings. The summed E-state index contributed by atoms with van der Waals surface area (Å²) in [5.41, 5.74) is 0. The number of hydrogen-bond acceptors (Lipinski definition) is 4. The number of benzene rings is 1. The van der Waals surface area contributed by atoms with Crippen molar-refractivity contribution in [3.63, 3.8) is 0 Å². The van der Waals surface area contributed by atoms with Crippen molar-refractivity contribution in [2.45, 2.75) is 32.8 Å². The smallest absolute Gasteiger partial charge is 0.308 e. The van der Waals surface area contributed by atoms with E-state index < -0.39 is 0 Å². The summed E-state index contributed by atoms with van der Waals surface area (Å²) in [6.07, 6.45) is 1.46. The van der Waals surface area contributed by atoms with E-state index >= 15 is 0 Å². The summed E-state index contributed by atoms with van der Waals surface area (Å²) >= 11 is 6.13. The van der Waals surface area contributed by atoms with Crippen molar-refractivity contribution in [1.29, 1.82) is 0 Å². The van der Waals surface area contributed by atoms with Crippen LogP contribution in [0.25, 0.3) is 0 Å². The minimum atomic E-state index is -0.117. The van der Waals surface area contributed by atoms with Gasteiger partial charge < -0.3 is 19.7 Å². The average molecular weight is 510 g/mol. The van der Waals surface area contributed by atoms with Gasteiger partial charge in [-0.1, -0.05) is 23.7 Å². The number of nitrogens with one attached hydrogen (secondary N) is 1. The molecule has 1 saturated heterocycles. The molecule has 0 spiro atoms. The van der Waals surface area contributed by atoms with Crippen LogP contribution < -0.4 is 10.1 Å². The molecule has 8 heteroatoms. The van der Waals surface area contributed by atoms with Crippen LogP contribution in [0.5, 0.6) is 5.75 Å². The molecule has 1 unspecified atom stereocenters. The number of para-hydroxylation sites is 1. The number of halogens is 2. The van der Waals surface area contributed by atoms with E-state index in [2.05, 4.69) is 10.2 Å². The van der Waals surface area contributed by atoms with Gasteiger partial charge in [0.05, 0.1) is 24.6 Å². The Morgan fingerprint density at radius 2 is 2.04 bits per heavy atom. The number of carbonyl (C=O) groups is 1. The third-order valence-corrected chi connectivity index (χ3v) is 4.64. The van der Waals surface area contributed by atoms with Crippen molar-refractivity contribution in [3.8, 4) is 5.75 Å². The molecule has 1 heterocycles. The molecule has 0 saturated carbocycles. The summed E-state index contributed by atoms with van der Waals surface area (Å²) in [6, 6.07) is 7.43. The van der Waals surface area contributed by atoms with Gasteiger partial charge in [-0.2, -0.15) is 0 Å².